The van der Waals surface area contributed by atoms with E-state index in [0.29, 0.717) is 5.92 Å². The number of nitrogens with zero attached hydrogens (tertiary/aromatic N) is 1. The summed E-state index contributed by atoms with van der Waals surface area (Å²) in [5.41, 5.74) is 11.3. The van der Waals surface area contributed by atoms with E-state index < -0.39 is 0 Å². The summed E-state index contributed by atoms with van der Waals surface area (Å²) in [4.78, 5) is 4.64. The van der Waals surface area contributed by atoms with Crippen LogP contribution in [0.25, 0.3) is 22.3 Å². The van der Waals surface area contributed by atoms with Crippen molar-refractivity contribution < 1.29 is 4.39 Å². The van der Waals surface area contributed by atoms with Crippen LogP contribution in [0.5, 0.6) is 0 Å². The Bertz CT molecular complexity index is 1150. The largest absolute Gasteiger partial charge is 0.370 e. The third-order valence-electron chi connectivity index (χ3n) is 6.68. The molecule has 0 atom stereocenters. The highest BCUT2D eigenvalue weighted by Gasteiger charge is 2.18. The van der Waals surface area contributed by atoms with Crippen molar-refractivity contribution in [2.75, 3.05) is 11.9 Å². The first-order valence-corrected chi connectivity index (χ1v) is 12.3. The molecule has 2 nitrogen and oxygen atoms in total. The predicted molar refractivity (Wildman–Crippen MR) is 145 cm³/mol. The molecule has 0 spiro atoms. The zero-order valence-corrected chi connectivity index (χ0v) is 22.1. The molecule has 2 aromatic carbocycles. The first kappa shape index (κ1) is 25.7. The standard InChI is InChI=1S/C31H39FN2/c1-19(2)10-9-11-25-12-13-26(16-28(25)32)30-21(5)23(7)31(24(8)22(30)6)27-14-15-29(34-18-27)33-17-20(3)4/h10,12-16,18,20H,9,11,17H2,1-8H3,(H,33,34). The lowest BCUT2D eigenvalue weighted by Gasteiger charge is -2.21. The average Bonchev–Trinajstić information content (AvgIpc) is 2.78. The van der Waals surface area contributed by atoms with Gasteiger partial charge in [-0.05, 0) is 123 Å². The molecule has 1 N–H and O–H groups in total. The minimum Gasteiger partial charge on any atom is -0.370 e. The molecule has 1 heterocycles. The third-order valence-corrected chi connectivity index (χ3v) is 6.68. The molecule has 180 valence electrons. The van der Waals surface area contributed by atoms with Gasteiger partial charge in [-0.25, -0.2) is 9.37 Å². The van der Waals surface area contributed by atoms with Gasteiger partial charge in [-0.2, -0.15) is 0 Å². The Morgan fingerprint density at radius 1 is 0.912 bits per heavy atom. The molecular formula is C31H39FN2. The van der Waals surface area contributed by atoms with Crippen molar-refractivity contribution in [1.82, 2.24) is 4.98 Å². The molecule has 0 saturated heterocycles. The number of pyridine rings is 1. The Hall–Kier alpha value is -2.94. The van der Waals surface area contributed by atoms with Gasteiger partial charge in [-0.1, -0.05) is 37.6 Å². The molecule has 3 aromatic rings. The lowest BCUT2D eigenvalue weighted by Crippen LogP contribution is -2.09. The average molecular weight is 459 g/mol. The molecule has 0 fully saturated rings. The number of nitrogens with one attached hydrogen (secondary N) is 1. The van der Waals surface area contributed by atoms with Crippen molar-refractivity contribution in [3.8, 4) is 22.3 Å². The second kappa shape index (κ2) is 11.0. The number of anilines is 1. The number of allylic oxidation sites excluding steroid dienone is 2. The Morgan fingerprint density at radius 3 is 2.00 bits per heavy atom. The van der Waals surface area contributed by atoms with Crippen LogP contribution in [-0.4, -0.2) is 11.5 Å². The van der Waals surface area contributed by atoms with Crippen molar-refractivity contribution in [3.63, 3.8) is 0 Å². The van der Waals surface area contributed by atoms with Crippen molar-refractivity contribution in [1.29, 1.82) is 0 Å². The number of aryl methyl sites for hydroxylation is 1. The Labute approximate surface area is 205 Å². The van der Waals surface area contributed by atoms with Gasteiger partial charge in [-0.3, -0.25) is 0 Å². The number of benzene rings is 2. The molecule has 0 bridgehead atoms. The molecule has 3 rings (SSSR count). The number of aromatic nitrogens is 1. The molecule has 0 amide bonds. The van der Waals surface area contributed by atoms with Gasteiger partial charge >= 0.3 is 0 Å². The van der Waals surface area contributed by atoms with Gasteiger partial charge in [0.2, 0.25) is 0 Å². The molecule has 0 unspecified atom stereocenters. The number of hydrogen-bond acceptors (Lipinski definition) is 2. The third kappa shape index (κ3) is 5.75. The molecule has 0 aliphatic rings. The van der Waals surface area contributed by atoms with Gasteiger partial charge < -0.3 is 5.32 Å². The number of hydrogen-bond donors (Lipinski definition) is 1. The lowest BCUT2D eigenvalue weighted by molar-refractivity contribution is 0.610. The second-order valence-electron chi connectivity index (χ2n) is 10.1. The van der Waals surface area contributed by atoms with Gasteiger partial charge in [0.1, 0.15) is 11.6 Å². The van der Waals surface area contributed by atoms with E-state index in [1.54, 1.807) is 6.07 Å². The van der Waals surface area contributed by atoms with Crippen LogP contribution in [0, 0.1) is 39.4 Å². The highest BCUT2D eigenvalue weighted by molar-refractivity contribution is 5.82. The maximum Gasteiger partial charge on any atom is 0.127 e. The zero-order valence-electron chi connectivity index (χ0n) is 22.1. The first-order chi connectivity index (χ1) is 16.1. The summed E-state index contributed by atoms with van der Waals surface area (Å²) < 4.78 is 15.0. The number of rotatable bonds is 8. The highest BCUT2D eigenvalue weighted by atomic mass is 19.1. The normalized spacial score (nSPS) is 11.1. The monoisotopic (exact) mass is 458 g/mol. The van der Waals surface area contributed by atoms with Gasteiger partial charge in [0.05, 0.1) is 0 Å². The minimum absolute atomic E-state index is 0.119. The van der Waals surface area contributed by atoms with E-state index in [-0.39, 0.29) is 5.82 Å². The van der Waals surface area contributed by atoms with Crippen LogP contribution in [0.15, 0.2) is 48.2 Å². The molecule has 0 radical (unpaired) electrons. The van der Waals surface area contributed by atoms with Crippen LogP contribution < -0.4 is 5.32 Å². The van der Waals surface area contributed by atoms with Crippen molar-refractivity contribution in [2.45, 2.75) is 68.2 Å². The van der Waals surface area contributed by atoms with Gasteiger partial charge in [0.25, 0.3) is 0 Å². The molecule has 3 heteroatoms. The van der Waals surface area contributed by atoms with Gasteiger partial charge in [-0.15, -0.1) is 0 Å². The summed E-state index contributed by atoms with van der Waals surface area (Å²) >= 11 is 0. The fraction of sp³-hybridized carbons (Fsp3) is 0.387. The maximum absolute atomic E-state index is 15.0. The quantitative estimate of drug-likeness (QED) is 0.341. The summed E-state index contributed by atoms with van der Waals surface area (Å²) in [5, 5.41) is 3.38. The van der Waals surface area contributed by atoms with Crippen LogP contribution in [0.4, 0.5) is 10.2 Å². The second-order valence-corrected chi connectivity index (χ2v) is 10.1. The Morgan fingerprint density at radius 2 is 1.50 bits per heavy atom. The van der Waals surface area contributed by atoms with Crippen LogP contribution in [0.3, 0.4) is 0 Å². The van der Waals surface area contributed by atoms with E-state index in [2.05, 4.69) is 90.0 Å². The summed E-state index contributed by atoms with van der Waals surface area (Å²) in [6.45, 7) is 18.0. The smallest absolute Gasteiger partial charge is 0.127 e. The van der Waals surface area contributed by atoms with Crippen LogP contribution in [0.2, 0.25) is 0 Å². The van der Waals surface area contributed by atoms with Crippen molar-refractivity contribution >= 4 is 5.82 Å². The fourth-order valence-corrected chi connectivity index (χ4v) is 4.56. The van der Waals surface area contributed by atoms with Crippen molar-refractivity contribution in [2.24, 2.45) is 5.92 Å². The highest BCUT2D eigenvalue weighted by Crippen LogP contribution is 2.39. The van der Waals surface area contributed by atoms with E-state index in [0.717, 1.165) is 47.5 Å². The minimum atomic E-state index is -0.119. The SMILES string of the molecule is CC(C)=CCCc1ccc(-c2c(C)c(C)c(-c3ccc(NCC(C)C)nc3)c(C)c2C)cc1F. The zero-order chi connectivity index (χ0) is 25.0. The predicted octanol–water partition coefficient (Wildman–Crippen LogP) is 8.76. The Balaban J connectivity index is 1.97. The van der Waals surface area contributed by atoms with Crippen molar-refractivity contribution in [3.05, 3.63) is 81.8 Å². The molecule has 0 saturated carbocycles. The summed E-state index contributed by atoms with van der Waals surface area (Å²) in [6.07, 6.45) is 5.71. The molecule has 1 aromatic heterocycles. The lowest BCUT2D eigenvalue weighted by atomic mass is 9.83. The molecular weight excluding hydrogens is 419 g/mol. The fourth-order valence-electron chi connectivity index (χ4n) is 4.56. The summed E-state index contributed by atoms with van der Waals surface area (Å²) in [5.74, 6) is 1.35. The number of halogens is 1. The van der Waals surface area contributed by atoms with E-state index >= 15 is 0 Å². The maximum atomic E-state index is 15.0. The molecule has 0 aliphatic carbocycles. The Kier molecular flexibility index (Phi) is 8.30. The summed E-state index contributed by atoms with van der Waals surface area (Å²) in [6, 6.07) is 9.94. The topological polar surface area (TPSA) is 24.9 Å². The van der Waals surface area contributed by atoms with E-state index in [4.69, 9.17) is 0 Å². The molecule has 34 heavy (non-hydrogen) atoms. The van der Waals surface area contributed by atoms with Gasteiger partial charge in [0, 0.05) is 18.3 Å². The van der Waals surface area contributed by atoms with E-state index in [1.165, 1.54) is 33.4 Å². The summed E-state index contributed by atoms with van der Waals surface area (Å²) in [7, 11) is 0. The van der Waals surface area contributed by atoms with Gasteiger partial charge in [0.15, 0.2) is 0 Å². The van der Waals surface area contributed by atoms with E-state index in [1.807, 2.05) is 12.3 Å². The van der Waals surface area contributed by atoms with Crippen LogP contribution in [0.1, 0.15) is 61.9 Å². The molecule has 0 aliphatic heterocycles. The van der Waals surface area contributed by atoms with Crippen LogP contribution >= 0.6 is 0 Å². The first-order valence-electron chi connectivity index (χ1n) is 12.3. The van der Waals surface area contributed by atoms with E-state index in [9.17, 15) is 4.39 Å². The van der Waals surface area contributed by atoms with Crippen LogP contribution in [-0.2, 0) is 6.42 Å².